The highest BCUT2D eigenvalue weighted by atomic mass is 16.3. The van der Waals surface area contributed by atoms with Crippen LogP contribution >= 0.6 is 0 Å². The molecular weight excluding hydrogens is 502 g/mol. The van der Waals surface area contributed by atoms with Gasteiger partial charge in [0.25, 0.3) is 0 Å². The molecular formula is C38H66NO2+. The minimum Gasteiger partial charge on any atom is -0.386 e. The van der Waals surface area contributed by atoms with Gasteiger partial charge in [0.1, 0.15) is 6.54 Å². The lowest BCUT2D eigenvalue weighted by Gasteiger charge is -2.37. The van der Waals surface area contributed by atoms with Crippen molar-refractivity contribution in [2.24, 2.45) is 10.8 Å². The molecule has 0 bridgehead atoms. The number of quaternary nitrogens is 1. The van der Waals surface area contributed by atoms with E-state index < -0.39 is 11.2 Å². The summed E-state index contributed by atoms with van der Waals surface area (Å²) in [6.45, 7) is 34.3. The van der Waals surface area contributed by atoms with E-state index in [1.807, 2.05) is 61.5 Å². The first-order chi connectivity index (χ1) is 18.7. The third-order valence-corrected chi connectivity index (χ3v) is 7.15. The number of hydrogen-bond acceptors (Lipinski definition) is 2. The second-order valence-electron chi connectivity index (χ2n) is 13.0. The fourth-order valence-corrected chi connectivity index (χ4v) is 3.12. The van der Waals surface area contributed by atoms with Crippen molar-refractivity contribution >= 4 is 0 Å². The fraction of sp³-hybridized carbons (Fsp3) is 0.579. The summed E-state index contributed by atoms with van der Waals surface area (Å²) in [6, 6.07) is 0. The van der Waals surface area contributed by atoms with E-state index in [-0.39, 0.29) is 10.8 Å². The highest BCUT2D eigenvalue weighted by molar-refractivity contribution is 5.32. The summed E-state index contributed by atoms with van der Waals surface area (Å²) in [5.41, 5.74) is 2.31. The van der Waals surface area contributed by atoms with Gasteiger partial charge in [-0.15, -0.1) is 12.3 Å². The molecule has 0 radical (unpaired) electrons. The van der Waals surface area contributed by atoms with Crippen LogP contribution in [0, 0.1) is 23.2 Å². The van der Waals surface area contributed by atoms with E-state index in [0.717, 1.165) is 24.1 Å². The molecule has 1 heterocycles. The molecule has 0 aliphatic carbocycles. The lowest BCUT2D eigenvalue weighted by molar-refractivity contribution is -0.818. The molecule has 3 unspecified atom stereocenters. The molecule has 0 saturated carbocycles. The van der Waals surface area contributed by atoms with Crippen LogP contribution in [-0.2, 0) is 0 Å². The Kier molecular flexibility index (Phi) is 21.5. The molecule has 0 amide bonds. The summed E-state index contributed by atoms with van der Waals surface area (Å²) in [5, 5.41) is 22.4. The van der Waals surface area contributed by atoms with Gasteiger partial charge in [-0.05, 0) is 88.0 Å². The van der Waals surface area contributed by atoms with Gasteiger partial charge in [-0.25, -0.2) is 0 Å². The van der Waals surface area contributed by atoms with Gasteiger partial charge in [0, 0.05) is 0 Å². The van der Waals surface area contributed by atoms with Gasteiger partial charge < -0.3 is 15.1 Å². The Labute approximate surface area is 256 Å². The summed E-state index contributed by atoms with van der Waals surface area (Å²) < 4.78 is 0. The van der Waals surface area contributed by atoms with Gasteiger partial charge in [-0.3, -0.25) is 0 Å². The third-order valence-electron chi connectivity index (χ3n) is 7.15. The van der Waals surface area contributed by atoms with Crippen molar-refractivity contribution < 1.29 is 15.1 Å². The molecule has 3 nitrogen and oxygen atoms in total. The van der Waals surface area contributed by atoms with Gasteiger partial charge in [-0.1, -0.05) is 110 Å². The van der Waals surface area contributed by atoms with Crippen LogP contribution in [-0.4, -0.2) is 35.0 Å². The van der Waals surface area contributed by atoms with Crippen LogP contribution in [0.1, 0.15) is 109 Å². The molecule has 0 aromatic rings. The van der Waals surface area contributed by atoms with Gasteiger partial charge in [0.15, 0.2) is 0 Å². The minimum absolute atomic E-state index is 0.196. The zero-order valence-electron chi connectivity index (χ0n) is 29.3. The largest absolute Gasteiger partial charge is 0.386 e. The van der Waals surface area contributed by atoms with Crippen molar-refractivity contribution in [3.8, 4) is 12.3 Å². The standard InChI is InChI=1S/C25H41NO2.C8H14.C3H4.C2H6/c1-9-20(2)12-10-11-15-24(6,27)22(19-25(7,28)23(3,4)5)18-21-13-16-26(8)17-14-21;1-6-7(2)8(3,4)5;1-3-2;1-2/h9-11,13-14,16,19,27-28H,12,15,17-18H2,1-8H3;6H,1-2H2,3-5H3;1H,2H3;1-2H3/p+1/b11-10-,20-9+,22-19-;;;. The average molecular weight is 569 g/mol. The molecule has 234 valence electrons. The summed E-state index contributed by atoms with van der Waals surface area (Å²) in [4.78, 5) is 1.34. The number of nitrogens with one attached hydrogen (secondary N) is 1. The highest BCUT2D eigenvalue weighted by Crippen LogP contribution is 2.36. The maximum atomic E-state index is 11.3. The summed E-state index contributed by atoms with van der Waals surface area (Å²) in [6.07, 6.45) is 23.1. The number of rotatable bonds is 9. The first kappa shape index (κ1) is 43.1. The van der Waals surface area contributed by atoms with Gasteiger partial charge in [0.05, 0.1) is 24.4 Å². The van der Waals surface area contributed by atoms with E-state index in [9.17, 15) is 10.2 Å². The molecule has 0 fully saturated rings. The summed E-state index contributed by atoms with van der Waals surface area (Å²) >= 11 is 0. The fourth-order valence-electron chi connectivity index (χ4n) is 3.12. The van der Waals surface area contributed by atoms with E-state index >= 15 is 0 Å². The lowest BCUT2D eigenvalue weighted by Crippen LogP contribution is -3.04. The zero-order chi connectivity index (χ0) is 33.1. The number of hydrogen-bond donors (Lipinski definition) is 3. The topological polar surface area (TPSA) is 44.9 Å². The molecule has 1 aliphatic rings. The molecule has 3 atom stereocenters. The van der Waals surface area contributed by atoms with Crippen LogP contribution in [0.15, 0.2) is 84.2 Å². The smallest absolute Gasteiger partial charge is 0.100 e. The van der Waals surface area contributed by atoms with Gasteiger partial charge >= 0.3 is 0 Å². The monoisotopic (exact) mass is 569 g/mol. The van der Waals surface area contributed by atoms with Crippen molar-refractivity contribution in [1.29, 1.82) is 0 Å². The normalized spacial score (nSPS) is 18.5. The summed E-state index contributed by atoms with van der Waals surface area (Å²) in [5.74, 6) is 2.25. The summed E-state index contributed by atoms with van der Waals surface area (Å²) in [7, 11) is 2.12. The Morgan fingerprint density at radius 2 is 1.59 bits per heavy atom. The molecule has 1 rings (SSSR count). The van der Waals surface area contributed by atoms with Crippen molar-refractivity contribution in [2.45, 2.75) is 120 Å². The first-order valence-electron chi connectivity index (χ1n) is 15.0. The van der Waals surface area contributed by atoms with Crippen molar-refractivity contribution in [1.82, 2.24) is 0 Å². The first-order valence-corrected chi connectivity index (χ1v) is 15.0. The second-order valence-corrected chi connectivity index (χ2v) is 13.0. The maximum absolute atomic E-state index is 11.3. The Hall–Kier alpha value is -2.38. The Morgan fingerprint density at radius 3 is 1.93 bits per heavy atom. The molecule has 0 aromatic carbocycles. The van der Waals surface area contributed by atoms with E-state index in [1.54, 1.807) is 13.0 Å². The molecule has 3 heteroatoms. The van der Waals surface area contributed by atoms with Crippen LogP contribution in [0.5, 0.6) is 0 Å². The SMILES string of the molecule is C#CC.C/C=C(\C)C/C=C\CC(C)(O)/C(=C\C(C)(O)C(C)(C)C)CC1=CC[NH+](C)C=C1.C=CC(=C)C(C)(C)C.CC. The molecule has 41 heavy (non-hydrogen) atoms. The number of aliphatic hydroxyl groups is 2. The number of terminal acetylenes is 1. The van der Waals surface area contributed by atoms with Crippen LogP contribution in [0.4, 0.5) is 0 Å². The number of allylic oxidation sites excluding steroid dienone is 7. The van der Waals surface area contributed by atoms with E-state index in [1.165, 1.54) is 16.0 Å². The van der Waals surface area contributed by atoms with E-state index in [0.29, 0.717) is 12.8 Å². The molecule has 1 aliphatic heterocycles. The molecule has 0 saturated heterocycles. The Balaban J connectivity index is -0.000000929. The van der Waals surface area contributed by atoms with Gasteiger partial charge in [0.2, 0.25) is 0 Å². The van der Waals surface area contributed by atoms with E-state index in [2.05, 4.69) is 96.8 Å². The quantitative estimate of drug-likeness (QED) is 0.148. The molecule has 0 aromatic heterocycles. The molecule has 3 N–H and O–H groups in total. The van der Waals surface area contributed by atoms with Gasteiger partial charge in [-0.2, -0.15) is 0 Å². The van der Waals surface area contributed by atoms with Crippen LogP contribution in [0.25, 0.3) is 0 Å². The predicted molar refractivity (Wildman–Crippen MR) is 185 cm³/mol. The van der Waals surface area contributed by atoms with E-state index in [4.69, 9.17) is 0 Å². The minimum atomic E-state index is -1.02. The number of likely N-dealkylation sites (N-methyl/N-ethyl adjacent to an activating group) is 1. The third kappa shape index (κ3) is 19.4. The van der Waals surface area contributed by atoms with Crippen LogP contribution in [0.3, 0.4) is 0 Å². The second kappa shape index (κ2) is 20.5. The zero-order valence-corrected chi connectivity index (χ0v) is 29.3. The van der Waals surface area contributed by atoms with Crippen molar-refractivity contribution in [3.63, 3.8) is 0 Å². The highest BCUT2D eigenvalue weighted by Gasteiger charge is 2.36. The van der Waals surface area contributed by atoms with Crippen LogP contribution in [0.2, 0.25) is 0 Å². The van der Waals surface area contributed by atoms with Crippen molar-refractivity contribution in [3.05, 3.63) is 84.2 Å². The Morgan fingerprint density at radius 1 is 1.07 bits per heavy atom. The maximum Gasteiger partial charge on any atom is 0.100 e. The van der Waals surface area contributed by atoms with Crippen molar-refractivity contribution in [2.75, 3.05) is 13.6 Å². The lowest BCUT2D eigenvalue weighted by atomic mass is 9.74. The average Bonchev–Trinajstić information content (AvgIpc) is 2.87. The van der Waals surface area contributed by atoms with Crippen LogP contribution < -0.4 is 4.90 Å². The Bertz CT molecular complexity index is 961. The predicted octanol–water partition coefficient (Wildman–Crippen LogP) is 8.56. The molecule has 0 spiro atoms.